The molecule has 1 rings (SSSR count). The van der Waals surface area contributed by atoms with Gasteiger partial charge in [-0.25, -0.2) is 4.39 Å². The number of hydroxylamine groups is 3. The molecule has 16 heavy (non-hydrogen) atoms. The maximum Gasteiger partial charge on any atom is 0.142 e. The number of alkyl halides is 1. The minimum atomic E-state index is -0.720. The maximum atomic E-state index is 12.9. The van der Waals surface area contributed by atoms with Gasteiger partial charge in [0.2, 0.25) is 0 Å². The first-order chi connectivity index (χ1) is 7.60. The van der Waals surface area contributed by atoms with Gasteiger partial charge < -0.3 is 9.85 Å². The molecule has 0 fully saturated rings. The fourth-order valence-corrected chi connectivity index (χ4v) is 1.59. The Morgan fingerprint density at radius 2 is 2.06 bits per heavy atom. The van der Waals surface area contributed by atoms with Gasteiger partial charge in [-0.2, -0.15) is 0 Å². The van der Waals surface area contributed by atoms with Crippen molar-refractivity contribution in [3.8, 4) is 12.3 Å². The van der Waals surface area contributed by atoms with E-state index >= 15 is 0 Å². The van der Waals surface area contributed by atoms with E-state index in [4.69, 9.17) is 6.42 Å². The van der Waals surface area contributed by atoms with Crippen molar-refractivity contribution in [1.29, 1.82) is 0 Å². The summed E-state index contributed by atoms with van der Waals surface area (Å²) in [6.45, 7) is -0.655. The Kier molecular flexibility index (Phi) is 4.48. The lowest BCUT2D eigenvalue weighted by Gasteiger charge is -2.43. The summed E-state index contributed by atoms with van der Waals surface area (Å²) in [7, 11) is 1.42. The van der Waals surface area contributed by atoms with Gasteiger partial charge in [0.1, 0.15) is 19.3 Å². The number of hydrogen-bond donors (Lipinski definition) is 0. The average molecular weight is 221 g/mol. The largest absolute Gasteiger partial charge is 0.632 e. The summed E-state index contributed by atoms with van der Waals surface area (Å²) in [6.07, 6.45) is 5.53. The molecule has 0 aliphatic rings. The Balaban J connectivity index is 2.73. The maximum absolute atomic E-state index is 12.9. The highest BCUT2D eigenvalue weighted by molar-refractivity contribution is 5.15. The molecule has 0 amide bonds. The number of nitrogens with zero attached hydrogens (tertiary/aromatic N) is 1. The monoisotopic (exact) mass is 221 g/mol. The molecule has 2 atom stereocenters. The normalized spacial score (nSPS) is 16.1. The molecule has 0 radical (unpaired) electrons. The smallest absolute Gasteiger partial charge is 0.142 e. The highest BCUT2D eigenvalue weighted by Crippen LogP contribution is 2.14. The molecule has 1 unspecified atom stereocenters. The molecular weight excluding hydrogens is 205 g/mol. The van der Waals surface area contributed by atoms with Crippen molar-refractivity contribution in [3.63, 3.8) is 0 Å². The van der Waals surface area contributed by atoms with Crippen molar-refractivity contribution >= 4 is 0 Å². The van der Waals surface area contributed by atoms with E-state index < -0.39 is 17.4 Å². The second kappa shape index (κ2) is 5.64. The van der Waals surface area contributed by atoms with Crippen molar-refractivity contribution in [2.75, 3.05) is 20.3 Å². The van der Waals surface area contributed by atoms with E-state index in [-0.39, 0.29) is 6.54 Å². The molecule has 2 nitrogen and oxygen atoms in total. The van der Waals surface area contributed by atoms with Gasteiger partial charge >= 0.3 is 0 Å². The second-order valence-corrected chi connectivity index (χ2v) is 4.03. The van der Waals surface area contributed by atoms with E-state index in [2.05, 4.69) is 5.92 Å². The Labute approximate surface area is 95.9 Å². The molecule has 3 heteroatoms. The third-order valence-electron chi connectivity index (χ3n) is 2.67. The highest BCUT2D eigenvalue weighted by Gasteiger charge is 2.24. The number of rotatable bonds is 5. The van der Waals surface area contributed by atoms with E-state index in [1.807, 2.05) is 30.3 Å². The van der Waals surface area contributed by atoms with Crippen LogP contribution in [0.1, 0.15) is 5.56 Å². The summed E-state index contributed by atoms with van der Waals surface area (Å²) in [5.74, 6) is 2.30. The number of likely N-dealkylation sites (N-methyl/N-ethyl adjacent to an activating group) is 1. The van der Waals surface area contributed by atoms with Crippen molar-refractivity contribution in [2.24, 2.45) is 0 Å². The van der Waals surface area contributed by atoms with Gasteiger partial charge in [-0.15, -0.1) is 6.42 Å². The minimum Gasteiger partial charge on any atom is -0.632 e. The zero-order valence-electron chi connectivity index (χ0n) is 9.40. The third kappa shape index (κ3) is 3.34. The van der Waals surface area contributed by atoms with Crippen LogP contribution in [-0.2, 0) is 6.42 Å². The predicted octanol–water partition coefficient (Wildman–Crippen LogP) is 2.14. The van der Waals surface area contributed by atoms with Crippen LogP contribution in [0.5, 0.6) is 0 Å². The molecule has 0 bridgehead atoms. The van der Waals surface area contributed by atoms with Crippen molar-refractivity contribution in [2.45, 2.75) is 12.5 Å². The van der Waals surface area contributed by atoms with Crippen molar-refractivity contribution < 1.29 is 9.04 Å². The SMILES string of the molecule is C#CC[N+](C)([O-])[C@H](CF)Cc1ccccc1. The summed E-state index contributed by atoms with van der Waals surface area (Å²) in [5, 5.41) is 12.0. The summed E-state index contributed by atoms with van der Waals surface area (Å²) < 4.78 is 12.2. The van der Waals surface area contributed by atoms with E-state index in [1.54, 1.807) is 0 Å². The topological polar surface area (TPSA) is 23.1 Å². The molecule has 0 saturated carbocycles. The van der Waals surface area contributed by atoms with Crippen molar-refractivity contribution in [3.05, 3.63) is 41.1 Å². The number of quaternary nitrogens is 1. The van der Waals surface area contributed by atoms with E-state index in [9.17, 15) is 9.60 Å². The van der Waals surface area contributed by atoms with Crippen LogP contribution in [-0.4, -0.2) is 31.0 Å². The number of terminal acetylenes is 1. The molecule has 0 aromatic heterocycles. The summed E-state index contributed by atoms with van der Waals surface area (Å²) in [5.41, 5.74) is 0.961. The van der Waals surface area contributed by atoms with Crippen LogP contribution in [0, 0.1) is 17.6 Å². The van der Waals surface area contributed by atoms with Crippen LogP contribution in [0.15, 0.2) is 30.3 Å². The van der Waals surface area contributed by atoms with Crippen LogP contribution in [0.2, 0.25) is 0 Å². The van der Waals surface area contributed by atoms with Crippen molar-refractivity contribution in [1.82, 2.24) is 0 Å². The van der Waals surface area contributed by atoms with Gasteiger partial charge in [0.15, 0.2) is 0 Å². The lowest BCUT2D eigenvalue weighted by molar-refractivity contribution is -0.879. The number of halogens is 1. The Morgan fingerprint density at radius 3 is 2.56 bits per heavy atom. The van der Waals surface area contributed by atoms with Gasteiger partial charge in [0.05, 0.1) is 7.05 Å². The van der Waals surface area contributed by atoms with Gasteiger partial charge in [0, 0.05) is 6.42 Å². The summed E-state index contributed by atoms with van der Waals surface area (Å²) >= 11 is 0. The molecule has 0 heterocycles. The number of benzene rings is 1. The molecule has 1 aromatic carbocycles. The molecule has 0 aliphatic carbocycles. The molecule has 86 valence electrons. The molecule has 0 saturated heterocycles. The predicted molar refractivity (Wildman–Crippen MR) is 63.2 cm³/mol. The van der Waals surface area contributed by atoms with Crippen LogP contribution in [0.25, 0.3) is 0 Å². The molecule has 1 aromatic rings. The fraction of sp³-hybridized carbons (Fsp3) is 0.385. The van der Waals surface area contributed by atoms with Gasteiger partial charge in [0.25, 0.3) is 0 Å². The Hall–Kier alpha value is -1.37. The molecule has 0 spiro atoms. The Bertz CT molecular complexity index is 356. The Morgan fingerprint density at radius 1 is 1.44 bits per heavy atom. The zero-order chi connectivity index (χ0) is 12.0. The van der Waals surface area contributed by atoms with E-state index in [1.165, 1.54) is 7.05 Å². The van der Waals surface area contributed by atoms with Gasteiger partial charge in [-0.05, 0) is 11.5 Å². The standard InChI is InChI=1S/C13H16FNO/c1-3-9-15(2,16)13(11-14)10-12-7-5-4-6-8-12/h1,4-8,13H,9-11H2,2H3/t13-,15?/m0/s1. The first-order valence-corrected chi connectivity index (χ1v) is 5.19. The average Bonchev–Trinajstić information content (AvgIpc) is 2.27. The van der Waals surface area contributed by atoms with Gasteiger partial charge in [-0.1, -0.05) is 30.3 Å². The first kappa shape index (κ1) is 12.7. The van der Waals surface area contributed by atoms with Gasteiger partial charge in [-0.3, -0.25) is 0 Å². The van der Waals surface area contributed by atoms with Crippen LogP contribution in [0.4, 0.5) is 4.39 Å². The molecular formula is C13H16FNO. The zero-order valence-corrected chi connectivity index (χ0v) is 9.40. The van der Waals surface area contributed by atoms with E-state index in [0.717, 1.165) is 5.56 Å². The van der Waals surface area contributed by atoms with Crippen LogP contribution in [0.3, 0.4) is 0 Å². The number of hydrogen-bond acceptors (Lipinski definition) is 1. The fourth-order valence-electron chi connectivity index (χ4n) is 1.59. The molecule has 0 aliphatic heterocycles. The summed E-state index contributed by atoms with van der Waals surface area (Å²) in [4.78, 5) is 0. The summed E-state index contributed by atoms with van der Waals surface area (Å²) in [6, 6.07) is 8.79. The first-order valence-electron chi connectivity index (χ1n) is 5.19. The third-order valence-corrected chi connectivity index (χ3v) is 2.67. The minimum absolute atomic E-state index is 0.00141. The van der Waals surface area contributed by atoms with E-state index in [0.29, 0.717) is 6.42 Å². The van der Waals surface area contributed by atoms with Crippen LogP contribution >= 0.6 is 0 Å². The lowest BCUT2D eigenvalue weighted by Crippen LogP contribution is -2.49. The quantitative estimate of drug-likeness (QED) is 0.424. The highest BCUT2D eigenvalue weighted by atomic mass is 19.1. The lowest BCUT2D eigenvalue weighted by atomic mass is 10.1. The molecule has 0 N–H and O–H groups in total. The van der Waals surface area contributed by atoms with Crippen LogP contribution < -0.4 is 0 Å². The second-order valence-electron chi connectivity index (χ2n) is 4.03.